The quantitative estimate of drug-likeness (QED) is 0.736. The van der Waals surface area contributed by atoms with E-state index in [1.165, 1.54) is 24.3 Å². The van der Waals surface area contributed by atoms with Gasteiger partial charge in [-0.1, -0.05) is 17.7 Å². The van der Waals surface area contributed by atoms with Crippen LogP contribution in [0.3, 0.4) is 0 Å². The van der Waals surface area contributed by atoms with Crippen LogP contribution in [0.15, 0.2) is 36.4 Å². The molecule has 0 amide bonds. The van der Waals surface area contributed by atoms with Crippen LogP contribution >= 0.6 is 0 Å². The third-order valence-corrected chi connectivity index (χ3v) is 2.74. The topological polar surface area (TPSA) is 17.1 Å². The van der Waals surface area contributed by atoms with Crippen molar-refractivity contribution in [2.45, 2.75) is 13.8 Å². The number of rotatable bonds is 2. The number of carbonyl (C=O) groups excluding carboxylic acids is 1. The van der Waals surface area contributed by atoms with Crippen molar-refractivity contribution >= 4 is 5.78 Å². The SMILES string of the molecule is Cc1ccc(C(=O)c2cc(C)ccc2F)c(F)c1. The maximum Gasteiger partial charge on any atom is 0.198 e. The highest BCUT2D eigenvalue weighted by molar-refractivity contribution is 6.09. The van der Waals surface area contributed by atoms with Crippen LogP contribution in [0.4, 0.5) is 8.78 Å². The second kappa shape index (κ2) is 4.69. The first-order valence-electron chi connectivity index (χ1n) is 5.56. The first kappa shape index (κ1) is 12.4. The second-order valence-corrected chi connectivity index (χ2v) is 4.30. The molecule has 0 spiro atoms. The molecule has 0 atom stereocenters. The van der Waals surface area contributed by atoms with Gasteiger partial charge in [0.2, 0.25) is 0 Å². The summed E-state index contributed by atoms with van der Waals surface area (Å²) < 4.78 is 27.2. The summed E-state index contributed by atoms with van der Waals surface area (Å²) in [5, 5.41) is 0. The zero-order valence-corrected chi connectivity index (χ0v) is 10.1. The second-order valence-electron chi connectivity index (χ2n) is 4.30. The molecule has 0 aliphatic carbocycles. The molecule has 1 nitrogen and oxygen atoms in total. The Balaban J connectivity index is 2.51. The largest absolute Gasteiger partial charge is 0.288 e. The van der Waals surface area contributed by atoms with Crippen molar-refractivity contribution in [1.82, 2.24) is 0 Å². The highest BCUT2D eigenvalue weighted by atomic mass is 19.1. The van der Waals surface area contributed by atoms with Crippen LogP contribution in [0.1, 0.15) is 27.0 Å². The van der Waals surface area contributed by atoms with Crippen molar-refractivity contribution in [3.05, 3.63) is 70.3 Å². The van der Waals surface area contributed by atoms with E-state index in [4.69, 9.17) is 0 Å². The minimum Gasteiger partial charge on any atom is -0.288 e. The van der Waals surface area contributed by atoms with Crippen molar-refractivity contribution in [3.8, 4) is 0 Å². The van der Waals surface area contributed by atoms with E-state index in [0.717, 1.165) is 5.56 Å². The fourth-order valence-corrected chi connectivity index (χ4v) is 1.76. The average Bonchev–Trinajstić information content (AvgIpc) is 2.31. The van der Waals surface area contributed by atoms with Crippen molar-refractivity contribution in [2.24, 2.45) is 0 Å². The molecule has 18 heavy (non-hydrogen) atoms. The fraction of sp³-hybridized carbons (Fsp3) is 0.133. The summed E-state index contributed by atoms with van der Waals surface area (Å²) in [5.41, 5.74) is 1.27. The Morgan fingerprint density at radius 1 is 0.833 bits per heavy atom. The van der Waals surface area contributed by atoms with Gasteiger partial charge in [-0.3, -0.25) is 4.79 Å². The Hall–Kier alpha value is -2.03. The molecule has 0 aliphatic heterocycles. The summed E-state index contributed by atoms with van der Waals surface area (Å²) in [5.74, 6) is -1.89. The normalized spacial score (nSPS) is 10.4. The predicted octanol–water partition coefficient (Wildman–Crippen LogP) is 3.81. The zero-order valence-electron chi connectivity index (χ0n) is 10.1. The molecule has 3 heteroatoms. The van der Waals surface area contributed by atoms with Crippen molar-refractivity contribution in [1.29, 1.82) is 0 Å². The van der Waals surface area contributed by atoms with E-state index >= 15 is 0 Å². The molecule has 0 bridgehead atoms. The number of carbonyl (C=O) groups is 1. The lowest BCUT2D eigenvalue weighted by molar-refractivity contribution is 0.103. The van der Waals surface area contributed by atoms with Crippen LogP contribution in [0.5, 0.6) is 0 Å². The maximum absolute atomic E-state index is 13.7. The highest BCUT2D eigenvalue weighted by Gasteiger charge is 2.17. The standard InChI is InChI=1S/C15H12F2O/c1-9-4-6-13(16)12(7-9)15(18)11-5-3-10(2)8-14(11)17/h3-8H,1-2H3. The summed E-state index contributed by atoms with van der Waals surface area (Å²) in [6.07, 6.45) is 0. The van der Waals surface area contributed by atoms with E-state index in [9.17, 15) is 13.6 Å². The highest BCUT2D eigenvalue weighted by Crippen LogP contribution is 2.18. The molecule has 0 saturated heterocycles. The van der Waals surface area contributed by atoms with Crippen LogP contribution in [-0.2, 0) is 0 Å². The molecule has 0 aromatic heterocycles. The van der Waals surface area contributed by atoms with Gasteiger partial charge in [0.15, 0.2) is 5.78 Å². The Bertz CT molecular complexity index is 618. The van der Waals surface area contributed by atoms with Crippen LogP contribution in [0, 0.1) is 25.5 Å². The predicted molar refractivity (Wildman–Crippen MR) is 65.7 cm³/mol. The van der Waals surface area contributed by atoms with Gasteiger partial charge in [0, 0.05) is 0 Å². The number of hydrogen-bond acceptors (Lipinski definition) is 1. The van der Waals surface area contributed by atoms with Crippen LogP contribution < -0.4 is 0 Å². The molecular weight excluding hydrogens is 234 g/mol. The van der Waals surface area contributed by atoms with E-state index in [1.54, 1.807) is 26.0 Å². The summed E-state index contributed by atoms with van der Waals surface area (Å²) >= 11 is 0. The molecule has 2 aromatic carbocycles. The third-order valence-electron chi connectivity index (χ3n) is 2.74. The Morgan fingerprint density at radius 3 is 2.11 bits per heavy atom. The minimum atomic E-state index is -0.634. The summed E-state index contributed by atoms with van der Waals surface area (Å²) in [6, 6.07) is 8.49. The fourth-order valence-electron chi connectivity index (χ4n) is 1.76. The molecule has 0 aliphatic rings. The van der Waals surface area contributed by atoms with E-state index in [1.807, 2.05) is 0 Å². The van der Waals surface area contributed by atoms with Gasteiger partial charge >= 0.3 is 0 Å². The van der Waals surface area contributed by atoms with Crippen LogP contribution in [0.2, 0.25) is 0 Å². The van der Waals surface area contributed by atoms with Gasteiger partial charge in [-0.05, 0) is 43.7 Å². The van der Waals surface area contributed by atoms with Gasteiger partial charge in [-0.2, -0.15) is 0 Å². The smallest absolute Gasteiger partial charge is 0.198 e. The lowest BCUT2D eigenvalue weighted by Crippen LogP contribution is -2.07. The van der Waals surface area contributed by atoms with Gasteiger partial charge in [-0.25, -0.2) is 8.78 Å². The number of hydrogen-bond donors (Lipinski definition) is 0. The van der Waals surface area contributed by atoms with E-state index in [-0.39, 0.29) is 11.1 Å². The van der Waals surface area contributed by atoms with Crippen molar-refractivity contribution in [2.75, 3.05) is 0 Å². The number of halogens is 2. The molecule has 0 radical (unpaired) electrons. The first-order valence-corrected chi connectivity index (χ1v) is 5.56. The summed E-state index contributed by atoms with van der Waals surface area (Å²) in [6.45, 7) is 3.48. The molecule has 2 aromatic rings. The molecule has 0 saturated carbocycles. The van der Waals surface area contributed by atoms with Crippen LogP contribution in [-0.4, -0.2) is 5.78 Å². The van der Waals surface area contributed by atoms with Crippen molar-refractivity contribution < 1.29 is 13.6 Å². The Kier molecular flexibility index (Phi) is 3.24. The lowest BCUT2D eigenvalue weighted by atomic mass is 10.00. The van der Waals surface area contributed by atoms with E-state index in [0.29, 0.717) is 5.56 Å². The molecule has 0 N–H and O–H groups in total. The number of ketones is 1. The molecule has 0 heterocycles. The zero-order chi connectivity index (χ0) is 13.3. The third kappa shape index (κ3) is 2.30. The monoisotopic (exact) mass is 246 g/mol. The summed E-state index contributed by atoms with van der Waals surface area (Å²) in [4.78, 5) is 12.1. The van der Waals surface area contributed by atoms with E-state index < -0.39 is 17.4 Å². The molecule has 0 fully saturated rings. The molecule has 0 unspecified atom stereocenters. The minimum absolute atomic E-state index is 0.0993. The van der Waals surface area contributed by atoms with Gasteiger partial charge in [0.05, 0.1) is 11.1 Å². The molecule has 92 valence electrons. The first-order chi connectivity index (χ1) is 8.49. The Morgan fingerprint density at radius 2 is 1.44 bits per heavy atom. The number of benzene rings is 2. The molecular formula is C15H12F2O. The van der Waals surface area contributed by atoms with Crippen molar-refractivity contribution in [3.63, 3.8) is 0 Å². The maximum atomic E-state index is 13.7. The van der Waals surface area contributed by atoms with Gasteiger partial charge < -0.3 is 0 Å². The average molecular weight is 246 g/mol. The van der Waals surface area contributed by atoms with Gasteiger partial charge in [-0.15, -0.1) is 0 Å². The summed E-state index contributed by atoms with van der Waals surface area (Å²) in [7, 11) is 0. The van der Waals surface area contributed by atoms with Gasteiger partial charge in [0.25, 0.3) is 0 Å². The number of aryl methyl sites for hydroxylation is 2. The van der Waals surface area contributed by atoms with Crippen LogP contribution in [0.25, 0.3) is 0 Å². The molecule has 2 rings (SSSR count). The lowest BCUT2D eigenvalue weighted by Gasteiger charge is -2.06. The van der Waals surface area contributed by atoms with E-state index in [2.05, 4.69) is 0 Å². The Labute approximate surface area is 104 Å². The van der Waals surface area contributed by atoms with Gasteiger partial charge in [0.1, 0.15) is 11.6 Å².